The van der Waals surface area contributed by atoms with Crippen molar-refractivity contribution in [2.45, 2.75) is 5.54 Å². The summed E-state index contributed by atoms with van der Waals surface area (Å²) in [5.74, 6) is 2.98. The van der Waals surface area contributed by atoms with Crippen molar-refractivity contribution in [2.75, 3.05) is 5.32 Å². The highest BCUT2D eigenvalue weighted by Gasteiger charge is 2.54. The summed E-state index contributed by atoms with van der Waals surface area (Å²) in [5, 5.41) is 13.5. The Labute approximate surface area is 123 Å². The van der Waals surface area contributed by atoms with Gasteiger partial charge >= 0.3 is 0 Å². The van der Waals surface area contributed by atoms with Crippen LogP contribution in [0.3, 0.4) is 0 Å². The van der Waals surface area contributed by atoms with Gasteiger partial charge in [-0.2, -0.15) is 0 Å². The first-order valence-electron chi connectivity index (χ1n) is 6.16. The number of halogens is 1. The molecule has 4 rings (SSSR count). The number of para-hydroxylation sites is 1. The second kappa shape index (κ2) is 4.06. The van der Waals surface area contributed by atoms with Gasteiger partial charge in [-0.3, -0.25) is 0 Å². The Morgan fingerprint density at radius 2 is 1.90 bits per heavy atom. The molecule has 3 heteroatoms. The number of rotatable bonds is 0. The van der Waals surface area contributed by atoms with E-state index < -0.39 is 5.54 Å². The van der Waals surface area contributed by atoms with Gasteiger partial charge in [0.25, 0.3) is 0 Å². The second-order valence-corrected chi connectivity index (χ2v) is 4.88. The first-order chi connectivity index (χ1) is 9.26. The zero-order chi connectivity index (χ0) is 13.0. The maximum absolute atomic E-state index is 10.0. The predicted molar refractivity (Wildman–Crippen MR) is 83.2 cm³/mol. The number of fused-ring (bicyclic) bond motifs is 4. The lowest BCUT2D eigenvalue weighted by molar-refractivity contribution is 0.471. The van der Waals surface area contributed by atoms with Crippen molar-refractivity contribution >= 4 is 24.2 Å². The van der Waals surface area contributed by atoms with Gasteiger partial charge in [-0.25, -0.2) is 0 Å². The monoisotopic (exact) mass is 281 g/mol. The molecule has 1 unspecified atom stereocenters. The highest BCUT2D eigenvalue weighted by atomic mass is 35.5. The van der Waals surface area contributed by atoms with E-state index in [2.05, 4.69) is 29.5 Å². The Kier molecular flexibility index (Phi) is 2.57. The minimum Gasteiger partial charge on any atom is -0.508 e. The van der Waals surface area contributed by atoms with Gasteiger partial charge in [-0.05, 0) is 29.8 Å². The molecule has 2 N–H and O–H groups in total. The molecule has 20 heavy (non-hydrogen) atoms. The van der Waals surface area contributed by atoms with Crippen LogP contribution in [0, 0.1) is 12.3 Å². The van der Waals surface area contributed by atoms with Crippen molar-refractivity contribution in [3.63, 3.8) is 0 Å². The first kappa shape index (κ1) is 12.7. The standard InChI is InChI=1S/C17H11NO.ClH/c1-2-11-7-8-14(19)16-15(11)17(16)10-9-12-5-3-4-6-13(12)18-17;/h1,3-10,18-19H;1H. The molecule has 0 bridgehead atoms. The van der Waals surface area contributed by atoms with E-state index in [4.69, 9.17) is 6.42 Å². The molecular formula is C17H12ClNO. The molecule has 1 atom stereocenters. The number of anilines is 1. The van der Waals surface area contributed by atoms with E-state index in [1.54, 1.807) is 12.1 Å². The fraction of sp³-hybridized carbons (Fsp3) is 0.0588. The summed E-state index contributed by atoms with van der Waals surface area (Å²) >= 11 is 0. The Bertz CT molecular complexity index is 788. The average Bonchev–Trinajstić information content (AvgIpc) is 3.08. The van der Waals surface area contributed by atoms with Gasteiger partial charge in [0.2, 0.25) is 0 Å². The quantitative estimate of drug-likeness (QED) is 0.725. The van der Waals surface area contributed by atoms with E-state index in [9.17, 15) is 5.11 Å². The van der Waals surface area contributed by atoms with Crippen LogP contribution in [0.2, 0.25) is 0 Å². The average molecular weight is 282 g/mol. The van der Waals surface area contributed by atoms with Crippen molar-refractivity contribution in [3.8, 4) is 18.1 Å². The number of terminal acetylenes is 1. The van der Waals surface area contributed by atoms with E-state index >= 15 is 0 Å². The summed E-state index contributed by atoms with van der Waals surface area (Å²) in [6.45, 7) is 0. The molecule has 0 saturated heterocycles. The third kappa shape index (κ3) is 1.41. The van der Waals surface area contributed by atoms with Crippen molar-refractivity contribution in [3.05, 3.63) is 64.7 Å². The van der Waals surface area contributed by atoms with Crippen LogP contribution < -0.4 is 5.32 Å². The largest absolute Gasteiger partial charge is 0.508 e. The Hall–Kier alpha value is -2.37. The van der Waals surface area contributed by atoms with Gasteiger partial charge in [0, 0.05) is 22.4 Å². The number of hydrogen-bond acceptors (Lipinski definition) is 2. The molecule has 2 aromatic rings. The number of hydrogen-bond donors (Lipinski definition) is 2. The van der Waals surface area contributed by atoms with Gasteiger partial charge in [0.05, 0.1) is 0 Å². The summed E-state index contributed by atoms with van der Waals surface area (Å²) in [6, 6.07) is 11.5. The fourth-order valence-corrected chi connectivity index (χ4v) is 2.94. The Balaban J connectivity index is 0.00000121. The number of phenols is 1. The van der Waals surface area contributed by atoms with Crippen molar-refractivity contribution in [1.82, 2.24) is 0 Å². The zero-order valence-electron chi connectivity index (χ0n) is 10.6. The number of aromatic hydroxyl groups is 1. The molecule has 98 valence electrons. The van der Waals surface area contributed by atoms with Crippen LogP contribution in [0.1, 0.15) is 22.3 Å². The Morgan fingerprint density at radius 1 is 1.10 bits per heavy atom. The van der Waals surface area contributed by atoms with Gasteiger partial charge < -0.3 is 10.4 Å². The molecule has 2 aromatic carbocycles. The van der Waals surface area contributed by atoms with E-state index in [0.29, 0.717) is 5.75 Å². The molecule has 2 aliphatic rings. The van der Waals surface area contributed by atoms with Crippen LogP contribution >= 0.6 is 12.4 Å². The lowest BCUT2D eigenvalue weighted by atomic mass is 10.0. The highest BCUT2D eigenvalue weighted by Crippen LogP contribution is 2.58. The molecule has 0 fully saturated rings. The topological polar surface area (TPSA) is 32.3 Å². The summed E-state index contributed by atoms with van der Waals surface area (Å²) in [5.41, 5.74) is 4.54. The van der Waals surface area contributed by atoms with Crippen LogP contribution in [0.5, 0.6) is 5.75 Å². The Morgan fingerprint density at radius 3 is 2.70 bits per heavy atom. The van der Waals surface area contributed by atoms with E-state index in [1.807, 2.05) is 18.2 Å². The molecule has 0 amide bonds. The minimum atomic E-state index is -0.413. The van der Waals surface area contributed by atoms with Crippen LogP contribution in [-0.2, 0) is 5.54 Å². The lowest BCUT2D eigenvalue weighted by Crippen LogP contribution is -2.21. The van der Waals surface area contributed by atoms with E-state index in [-0.39, 0.29) is 12.4 Å². The number of phenolic OH excluding ortho intramolecular Hbond substituents is 1. The van der Waals surface area contributed by atoms with Gasteiger partial charge in [0.1, 0.15) is 11.3 Å². The molecule has 2 nitrogen and oxygen atoms in total. The zero-order valence-corrected chi connectivity index (χ0v) is 11.4. The van der Waals surface area contributed by atoms with Crippen LogP contribution in [0.4, 0.5) is 5.69 Å². The molecule has 0 saturated carbocycles. The molecule has 1 aliphatic heterocycles. The highest BCUT2D eigenvalue weighted by molar-refractivity contribution is 5.86. The maximum atomic E-state index is 10.0. The van der Waals surface area contributed by atoms with E-state index in [0.717, 1.165) is 27.9 Å². The lowest BCUT2D eigenvalue weighted by Gasteiger charge is -2.22. The van der Waals surface area contributed by atoms with Crippen molar-refractivity contribution < 1.29 is 5.11 Å². The SMILES string of the molecule is C#Cc1ccc(O)c2c1C21C=Cc2ccccc2N1.Cl. The van der Waals surface area contributed by atoms with Crippen molar-refractivity contribution in [1.29, 1.82) is 0 Å². The molecule has 0 radical (unpaired) electrons. The third-order valence-electron chi connectivity index (χ3n) is 3.87. The van der Waals surface area contributed by atoms with Crippen molar-refractivity contribution in [2.24, 2.45) is 0 Å². The summed E-state index contributed by atoms with van der Waals surface area (Å²) in [4.78, 5) is 0. The van der Waals surface area contributed by atoms with Crippen LogP contribution in [0.25, 0.3) is 6.08 Å². The van der Waals surface area contributed by atoms with Gasteiger partial charge in [0.15, 0.2) is 0 Å². The fourth-order valence-electron chi connectivity index (χ4n) is 2.94. The van der Waals surface area contributed by atoms with Crippen LogP contribution in [0.15, 0.2) is 42.5 Å². The number of nitrogens with one attached hydrogen (secondary N) is 1. The van der Waals surface area contributed by atoms with Crippen LogP contribution in [-0.4, -0.2) is 5.11 Å². The maximum Gasteiger partial charge on any atom is 0.122 e. The first-order valence-corrected chi connectivity index (χ1v) is 6.16. The molecule has 0 aromatic heterocycles. The molecule has 1 heterocycles. The van der Waals surface area contributed by atoms with E-state index in [1.165, 1.54) is 0 Å². The second-order valence-electron chi connectivity index (χ2n) is 4.88. The summed E-state index contributed by atoms with van der Waals surface area (Å²) < 4.78 is 0. The molecular weight excluding hydrogens is 270 g/mol. The molecule has 1 spiro atoms. The molecule has 1 aliphatic carbocycles. The summed E-state index contributed by atoms with van der Waals surface area (Å²) in [7, 11) is 0. The van der Waals surface area contributed by atoms with Gasteiger partial charge in [-0.1, -0.05) is 30.2 Å². The third-order valence-corrected chi connectivity index (χ3v) is 3.87. The minimum absolute atomic E-state index is 0. The van der Waals surface area contributed by atoms with Gasteiger partial charge in [-0.15, -0.1) is 18.8 Å². The normalized spacial score (nSPS) is 20.1. The summed E-state index contributed by atoms with van der Waals surface area (Å²) in [6.07, 6.45) is 9.68. The smallest absolute Gasteiger partial charge is 0.122 e. The number of benzene rings is 2. The predicted octanol–water partition coefficient (Wildman–Crippen LogP) is 3.49.